The molecule has 6 heteroatoms. The number of sulfone groups is 1. The highest BCUT2D eigenvalue weighted by atomic mass is 32.2. The lowest BCUT2D eigenvalue weighted by Crippen LogP contribution is -2.36. The highest BCUT2D eigenvalue weighted by Crippen LogP contribution is 2.25. The normalized spacial score (nSPS) is 29.1. The molecule has 1 atom stereocenters. The first-order valence-corrected chi connectivity index (χ1v) is 9.10. The predicted molar refractivity (Wildman–Crippen MR) is 69.9 cm³/mol. The Kier molecular flexibility index (Phi) is 4.36. The van der Waals surface area contributed by atoms with Crippen LogP contribution in [0.25, 0.3) is 0 Å². The van der Waals surface area contributed by atoms with Crippen LogP contribution in [0.5, 0.6) is 0 Å². The van der Waals surface area contributed by atoms with Crippen molar-refractivity contribution < 1.29 is 13.2 Å². The van der Waals surface area contributed by atoms with Gasteiger partial charge in [-0.3, -0.25) is 4.79 Å². The number of rotatable bonds is 3. The summed E-state index contributed by atoms with van der Waals surface area (Å²) in [5, 5.41) is 2.86. The van der Waals surface area contributed by atoms with E-state index in [9.17, 15) is 13.2 Å². The molecule has 4 nitrogen and oxygen atoms in total. The van der Waals surface area contributed by atoms with E-state index in [1.54, 1.807) is 0 Å². The second-order valence-corrected chi connectivity index (χ2v) is 8.38. The Morgan fingerprint density at radius 1 is 1.24 bits per heavy atom. The molecule has 0 aliphatic carbocycles. The van der Waals surface area contributed by atoms with E-state index in [0.717, 1.165) is 24.3 Å². The van der Waals surface area contributed by atoms with Gasteiger partial charge in [-0.1, -0.05) is 0 Å². The van der Waals surface area contributed by atoms with Crippen molar-refractivity contribution in [2.75, 3.05) is 23.0 Å². The Morgan fingerprint density at radius 3 is 2.53 bits per heavy atom. The molecule has 2 saturated heterocycles. The first-order valence-electron chi connectivity index (χ1n) is 6.13. The summed E-state index contributed by atoms with van der Waals surface area (Å²) in [6, 6.07) is -0.148. The fourth-order valence-corrected chi connectivity index (χ4v) is 5.29. The predicted octanol–water partition coefficient (Wildman–Crippen LogP) is 0.823. The van der Waals surface area contributed by atoms with Gasteiger partial charge in [-0.2, -0.15) is 11.8 Å². The molecule has 2 fully saturated rings. The molecular formula is C11H19NO3S2. The summed E-state index contributed by atoms with van der Waals surface area (Å²) in [5.41, 5.74) is 0. The van der Waals surface area contributed by atoms with Gasteiger partial charge in [0, 0.05) is 12.5 Å². The van der Waals surface area contributed by atoms with Crippen molar-refractivity contribution in [3.63, 3.8) is 0 Å². The van der Waals surface area contributed by atoms with Crippen LogP contribution in [0.15, 0.2) is 0 Å². The van der Waals surface area contributed by atoms with Crippen LogP contribution in [-0.4, -0.2) is 43.4 Å². The molecule has 1 unspecified atom stereocenters. The van der Waals surface area contributed by atoms with Crippen LogP contribution in [0.3, 0.4) is 0 Å². The van der Waals surface area contributed by atoms with E-state index in [4.69, 9.17) is 0 Å². The number of hydrogen-bond donors (Lipinski definition) is 1. The van der Waals surface area contributed by atoms with E-state index < -0.39 is 9.84 Å². The molecule has 1 amide bonds. The van der Waals surface area contributed by atoms with Gasteiger partial charge in [-0.05, 0) is 36.7 Å². The zero-order valence-electron chi connectivity index (χ0n) is 9.85. The Morgan fingerprint density at radius 2 is 1.94 bits per heavy atom. The summed E-state index contributed by atoms with van der Waals surface area (Å²) in [4.78, 5) is 11.8. The second kappa shape index (κ2) is 5.61. The van der Waals surface area contributed by atoms with Gasteiger partial charge in [-0.15, -0.1) is 0 Å². The molecule has 0 saturated carbocycles. The molecule has 0 spiro atoms. The first kappa shape index (κ1) is 13.2. The van der Waals surface area contributed by atoms with Crippen molar-refractivity contribution in [3.8, 4) is 0 Å². The molecule has 98 valence electrons. The Labute approximate surface area is 107 Å². The van der Waals surface area contributed by atoms with Crippen molar-refractivity contribution in [2.45, 2.75) is 31.7 Å². The van der Waals surface area contributed by atoms with Crippen LogP contribution in [0.2, 0.25) is 0 Å². The smallest absolute Gasteiger partial charge is 0.220 e. The van der Waals surface area contributed by atoms with Crippen LogP contribution in [0.1, 0.15) is 25.7 Å². The number of hydrogen-bond acceptors (Lipinski definition) is 4. The SMILES string of the molecule is O=C(CC1CCSCC1)NC1CCS(=O)(=O)C1. The number of amides is 1. The first-order chi connectivity index (χ1) is 8.05. The van der Waals surface area contributed by atoms with E-state index in [1.807, 2.05) is 11.8 Å². The van der Waals surface area contributed by atoms with Crippen LogP contribution < -0.4 is 5.32 Å². The van der Waals surface area contributed by atoms with Crippen molar-refractivity contribution in [3.05, 3.63) is 0 Å². The topological polar surface area (TPSA) is 63.2 Å². The van der Waals surface area contributed by atoms with Gasteiger partial charge in [0.15, 0.2) is 9.84 Å². The molecule has 17 heavy (non-hydrogen) atoms. The van der Waals surface area contributed by atoms with Crippen LogP contribution in [-0.2, 0) is 14.6 Å². The fourth-order valence-electron chi connectivity index (χ4n) is 2.41. The Hall–Kier alpha value is -0.230. The summed E-state index contributed by atoms with van der Waals surface area (Å²) in [6.07, 6.45) is 3.37. The van der Waals surface area contributed by atoms with Gasteiger partial charge >= 0.3 is 0 Å². The summed E-state index contributed by atoms with van der Waals surface area (Å²) in [7, 11) is -2.89. The average molecular weight is 277 g/mol. The lowest BCUT2D eigenvalue weighted by Gasteiger charge is -2.21. The van der Waals surface area contributed by atoms with Crippen LogP contribution in [0, 0.1) is 5.92 Å². The van der Waals surface area contributed by atoms with Gasteiger partial charge in [-0.25, -0.2) is 8.42 Å². The van der Waals surface area contributed by atoms with Crippen molar-refractivity contribution in [2.24, 2.45) is 5.92 Å². The van der Waals surface area contributed by atoms with Gasteiger partial charge in [0.1, 0.15) is 0 Å². The minimum Gasteiger partial charge on any atom is -0.352 e. The molecule has 0 aromatic heterocycles. The van der Waals surface area contributed by atoms with Crippen molar-refractivity contribution >= 4 is 27.5 Å². The van der Waals surface area contributed by atoms with Crippen molar-refractivity contribution in [1.82, 2.24) is 5.32 Å². The number of nitrogens with one attached hydrogen (secondary N) is 1. The Balaban J connectivity index is 1.74. The maximum Gasteiger partial charge on any atom is 0.220 e. The molecule has 1 N–H and O–H groups in total. The maximum atomic E-state index is 11.8. The van der Waals surface area contributed by atoms with Crippen LogP contribution in [0.4, 0.5) is 0 Å². The van der Waals surface area contributed by atoms with Gasteiger partial charge < -0.3 is 5.32 Å². The number of thioether (sulfide) groups is 1. The molecule has 0 bridgehead atoms. The molecular weight excluding hydrogens is 258 g/mol. The summed E-state index contributed by atoms with van der Waals surface area (Å²) < 4.78 is 22.5. The van der Waals surface area contributed by atoms with Crippen molar-refractivity contribution in [1.29, 1.82) is 0 Å². The third-order valence-electron chi connectivity index (χ3n) is 3.41. The lowest BCUT2D eigenvalue weighted by molar-refractivity contribution is -0.122. The standard InChI is InChI=1S/C11H19NO3S2/c13-11(7-9-1-4-16-5-2-9)12-10-3-6-17(14,15)8-10/h9-10H,1-8H2,(H,12,13). The highest BCUT2D eigenvalue weighted by Gasteiger charge is 2.29. The highest BCUT2D eigenvalue weighted by molar-refractivity contribution is 7.99. The zero-order valence-corrected chi connectivity index (χ0v) is 11.5. The average Bonchev–Trinajstić information content (AvgIpc) is 2.59. The second-order valence-electron chi connectivity index (χ2n) is 4.93. The molecule has 0 radical (unpaired) electrons. The largest absolute Gasteiger partial charge is 0.352 e. The lowest BCUT2D eigenvalue weighted by atomic mass is 9.98. The molecule has 2 aliphatic heterocycles. The van der Waals surface area contributed by atoms with E-state index >= 15 is 0 Å². The fraction of sp³-hybridized carbons (Fsp3) is 0.909. The van der Waals surface area contributed by atoms with E-state index in [0.29, 0.717) is 18.8 Å². The molecule has 2 heterocycles. The summed E-state index contributed by atoms with van der Waals surface area (Å²) in [5.74, 6) is 3.17. The molecule has 2 rings (SSSR count). The summed E-state index contributed by atoms with van der Waals surface area (Å²) >= 11 is 1.95. The minimum absolute atomic E-state index is 0.0315. The van der Waals surface area contributed by atoms with Gasteiger partial charge in [0.25, 0.3) is 0 Å². The number of carbonyl (C=O) groups is 1. The van der Waals surface area contributed by atoms with Gasteiger partial charge in [0.05, 0.1) is 11.5 Å². The van der Waals surface area contributed by atoms with E-state index in [1.165, 1.54) is 0 Å². The quantitative estimate of drug-likeness (QED) is 0.829. The molecule has 0 aromatic carbocycles. The van der Waals surface area contributed by atoms with Gasteiger partial charge in [0.2, 0.25) is 5.91 Å². The maximum absolute atomic E-state index is 11.8. The third kappa shape index (κ3) is 4.17. The monoisotopic (exact) mass is 277 g/mol. The Bertz CT molecular complexity index is 374. The third-order valence-corrected chi connectivity index (χ3v) is 6.23. The molecule has 2 aliphatic rings. The van der Waals surface area contributed by atoms with E-state index in [2.05, 4.69) is 5.32 Å². The van der Waals surface area contributed by atoms with E-state index in [-0.39, 0.29) is 23.5 Å². The number of carbonyl (C=O) groups excluding carboxylic acids is 1. The molecule has 0 aromatic rings. The summed E-state index contributed by atoms with van der Waals surface area (Å²) in [6.45, 7) is 0. The zero-order chi connectivity index (χ0) is 12.3. The van der Waals surface area contributed by atoms with Crippen LogP contribution >= 0.6 is 11.8 Å². The minimum atomic E-state index is -2.89.